The van der Waals surface area contributed by atoms with Crippen LogP contribution in [0.5, 0.6) is 5.75 Å². The zero-order valence-corrected chi connectivity index (χ0v) is 23.9. The molecule has 3 N–H and O–H groups in total. The summed E-state index contributed by atoms with van der Waals surface area (Å²) in [6.45, 7) is 1.89. The molecule has 0 spiro atoms. The minimum absolute atomic E-state index is 0.258. The van der Waals surface area contributed by atoms with Crippen LogP contribution in [0.3, 0.4) is 0 Å². The van der Waals surface area contributed by atoms with Crippen LogP contribution in [-0.2, 0) is 4.79 Å². The van der Waals surface area contributed by atoms with Crippen LogP contribution >= 0.6 is 34.3 Å². The molecule has 4 unspecified atom stereocenters. The number of halogens is 2. The van der Waals surface area contributed by atoms with Gasteiger partial charge in [0.15, 0.2) is 5.78 Å². The average Bonchev–Trinajstić information content (AvgIpc) is 3.66. The number of carbonyl (C=O) groups excluding carboxylic acids is 3. The Morgan fingerprint density at radius 1 is 1.07 bits per heavy atom. The van der Waals surface area contributed by atoms with E-state index in [1.165, 1.54) is 47.6 Å². The van der Waals surface area contributed by atoms with Gasteiger partial charge in [0, 0.05) is 16.5 Å². The van der Waals surface area contributed by atoms with Crippen molar-refractivity contribution >= 4 is 57.7 Å². The average molecular weight is 598 g/mol. The first-order valence-corrected chi connectivity index (χ1v) is 14.4. The highest BCUT2D eigenvalue weighted by Gasteiger charge is 2.58. The number of methoxy groups -OCH3 is 1. The van der Waals surface area contributed by atoms with E-state index in [-0.39, 0.29) is 5.78 Å². The van der Waals surface area contributed by atoms with Crippen LogP contribution in [0.15, 0.2) is 72.1 Å². The largest absolute Gasteiger partial charge is 0.497 e. The predicted octanol–water partition coefficient (Wildman–Crippen LogP) is 6.64. The molecule has 2 aromatic heterocycles. The molecule has 0 aliphatic carbocycles. The number of nitrogens with zero attached hydrogens (tertiary/aromatic N) is 1. The zero-order valence-electron chi connectivity index (χ0n) is 21.5. The third-order valence-corrected chi connectivity index (χ3v) is 9.39. The number of hydrogen-bond donors (Lipinski definition) is 2. The van der Waals surface area contributed by atoms with E-state index in [0.717, 1.165) is 21.8 Å². The first-order chi connectivity index (χ1) is 19.2. The van der Waals surface area contributed by atoms with E-state index in [9.17, 15) is 18.8 Å². The van der Waals surface area contributed by atoms with Crippen molar-refractivity contribution < 1.29 is 23.5 Å². The standard InChI is InChI=1S/C29H25ClFN3O4S2/c1-15-12-13-39-27(15)24-23(26(35)20-10-11-21(30)40-20)22(16-4-3-5-19(14-16)38-2)25(28(32)36)34(24)29(37)33-18-8-6-17(31)7-9-18/h3-14,22-25H,1-2H3,(H2,32,36)(H,33,37). The Hall–Kier alpha value is -3.73. The lowest BCUT2D eigenvalue weighted by Gasteiger charge is -2.30. The second kappa shape index (κ2) is 11.4. The van der Waals surface area contributed by atoms with Crippen LogP contribution < -0.4 is 15.8 Å². The van der Waals surface area contributed by atoms with E-state index >= 15 is 0 Å². The number of rotatable bonds is 7. The number of ether oxygens (including phenoxy) is 1. The number of nitrogens with two attached hydrogens (primary N) is 1. The molecule has 7 nitrogen and oxygen atoms in total. The molecule has 1 aliphatic rings. The summed E-state index contributed by atoms with van der Waals surface area (Å²) in [5, 5.41) is 4.65. The van der Waals surface area contributed by atoms with Crippen molar-refractivity contribution in [1.29, 1.82) is 0 Å². The maximum Gasteiger partial charge on any atom is 0.323 e. The molecule has 0 saturated carbocycles. The molecular weight excluding hydrogens is 573 g/mol. The second-order valence-corrected chi connectivity index (χ2v) is 12.1. The molecule has 206 valence electrons. The van der Waals surface area contributed by atoms with Gasteiger partial charge in [-0.1, -0.05) is 23.7 Å². The van der Waals surface area contributed by atoms with Crippen LogP contribution in [0.1, 0.15) is 37.6 Å². The highest BCUT2D eigenvalue weighted by atomic mass is 35.5. The zero-order chi connectivity index (χ0) is 28.6. The fourth-order valence-electron chi connectivity index (χ4n) is 5.33. The number of likely N-dealkylation sites (tertiary alicyclic amines) is 1. The SMILES string of the molecule is COc1cccc(C2C(C(=O)c3ccc(Cl)s3)C(c3sccc3C)N(C(=O)Nc3ccc(F)cc3)C2C(N)=O)c1. The quantitative estimate of drug-likeness (QED) is 0.233. The van der Waals surface area contributed by atoms with Crippen molar-refractivity contribution in [3.8, 4) is 5.75 Å². The third kappa shape index (κ3) is 5.22. The summed E-state index contributed by atoms with van der Waals surface area (Å²) in [5.74, 6) is -2.63. The monoisotopic (exact) mass is 597 g/mol. The number of nitrogens with one attached hydrogen (secondary N) is 1. The van der Waals surface area contributed by atoms with Gasteiger partial charge in [-0.3, -0.25) is 9.59 Å². The number of anilines is 1. The predicted molar refractivity (Wildman–Crippen MR) is 155 cm³/mol. The van der Waals surface area contributed by atoms with Crippen LogP contribution in [0.25, 0.3) is 0 Å². The number of hydrogen-bond acceptors (Lipinski definition) is 6. The number of aryl methyl sites for hydroxylation is 1. The van der Waals surface area contributed by atoms with Crippen LogP contribution in [0, 0.1) is 18.7 Å². The first kappa shape index (κ1) is 27.8. The number of Topliss-reactive ketones (excluding diaryl/α,β-unsaturated/α-hetero) is 1. The van der Waals surface area contributed by atoms with Crippen LogP contribution in [-0.4, -0.2) is 35.8 Å². The van der Waals surface area contributed by atoms with E-state index in [4.69, 9.17) is 22.1 Å². The number of carbonyl (C=O) groups is 3. The summed E-state index contributed by atoms with van der Waals surface area (Å²) in [4.78, 5) is 44.1. The molecule has 11 heteroatoms. The number of thiophene rings is 2. The fourth-order valence-corrected chi connectivity index (χ4v) is 7.44. The molecule has 1 aliphatic heterocycles. The van der Waals surface area contributed by atoms with Crippen molar-refractivity contribution in [3.05, 3.63) is 103 Å². The Bertz CT molecular complexity index is 1570. The number of ketones is 1. The Morgan fingerprint density at radius 3 is 2.42 bits per heavy atom. The third-order valence-electron chi connectivity index (χ3n) is 7.06. The maximum atomic E-state index is 14.3. The summed E-state index contributed by atoms with van der Waals surface area (Å²) in [5.41, 5.74) is 7.85. The first-order valence-electron chi connectivity index (χ1n) is 12.3. The maximum absolute atomic E-state index is 14.3. The van der Waals surface area contributed by atoms with E-state index in [2.05, 4.69) is 5.32 Å². The highest BCUT2D eigenvalue weighted by molar-refractivity contribution is 7.18. The lowest BCUT2D eigenvalue weighted by atomic mass is 9.78. The summed E-state index contributed by atoms with van der Waals surface area (Å²) in [6, 6.07) is 14.9. The number of urea groups is 1. The van der Waals surface area contributed by atoms with Gasteiger partial charge < -0.3 is 20.7 Å². The van der Waals surface area contributed by atoms with Crippen LogP contribution in [0.4, 0.5) is 14.9 Å². The molecule has 4 aromatic rings. The summed E-state index contributed by atoms with van der Waals surface area (Å²) in [7, 11) is 1.52. The normalized spacial score (nSPS) is 20.4. The molecule has 3 amide bonds. The van der Waals surface area contributed by atoms with Crippen molar-refractivity contribution in [2.75, 3.05) is 12.4 Å². The van der Waals surface area contributed by atoms with Gasteiger partial charge in [0.1, 0.15) is 17.6 Å². The van der Waals surface area contributed by atoms with E-state index < -0.39 is 41.7 Å². The molecule has 40 heavy (non-hydrogen) atoms. The highest BCUT2D eigenvalue weighted by Crippen LogP contribution is 2.53. The molecular formula is C29H25ClFN3O4S2. The van der Waals surface area contributed by atoms with E-state index in [0.29, 0.717) is 26.2 Å². The second-order valence-electron chi connectivity index (χ2n) is 9.40. The van der Waals surface area contributed by atoms with Gasteiger partial charge in [0.05, 0.1) is 28.3 Å². The summed E-state index contributed by atoms with van der Waals surface area (Å²) < 4.78 is 19.4. The Balaban J connectivity index is 1.72. The lowest BCUT2D eigenvalue weighted by molar-refractivity contribution is -0.122. The van der Waals surface area contributed by atoms with Crippen molar-refractivity contribution in [2.24, 2.45) is 11.7 Å². The Labute approximate surface area is 243 Å². The van der Waals surface area contributed by atoms with Crippen molar-refractivity contribution in [3.63, 3.8) is 0 Å². The topological polar surface area (TPSA) is 102 Å². The Kier molecular flexibility index (Phi) is 7.93. The molecule has 0 bridgehead atoms. The molecule has 2 aromatic carbocycles. The molecule has 0 radical (unpaired) electrons. The Morgan fingerprint density at radius 2 is 1.82 bits per heavy atom. The molecule has 1 saturated heterocycles. The van der Waals surface area contributed by atoms with Crippen molar-refractivity contribution in [1.82, 2.24) is 4.90 Å². The van der Waals surface area contributed by atoms with Gasteiger partial charge in [-0.05, 0) is 78.0 Å². The lowest BCUT2D eigenvalue weighted by Crippen LogP contribution is -2.48. The van der Waals surface area contributed by atoms with Gasteiger partial charge >= 0.3 is 6.03 Å². The smallest absolute Gasteiger partial charge is 0.323 e. The summed E-state index contributed by atoms with van der Waals surface area (Å²) in [6.07, 6.45) is 0. The molecule has 3 heterocycles. The minimum atomic E-state index is -1.19. The molecule has 5 rings (SSSR count). The minimum Gasteiger partial charge on any atom is -0.497 e. The van der Waals surface area contributed by atoms with Gasteiger partial charge in [-0.15, -0.1) is 22.7 Å². The van der Waals surface area contributed by atoms with Gasteiger partial charge in [-0.25, -0.2) is 9.18 Å². The van der Waals surface area contributed by atoms with Crippen LogP contribution in [0.2, 0.25) is 4.34 Å². The van der Waals surface area contributed by atoms with Crippen molar-refractivity contribution in [2.45, 2.75) is 24.9 Å². The summed E-state index contributed by atoms with van der Waals surface area (Å²) >= 11 is 8.73. The van der Waals surface area contributed by atoms with E-state index in [1.807, 2.05) is 18.4 Å². The fraction of sp³-hybridized carbons (Fsp3) is 0.207. The van der Waals surface area contributed by atoms with E-state index in [1.54, 1.807) is 36.4 Å². The molecule has 1 fully saturated rings. The number of amides is 3. The number of benzene rings is 2. The van der Waals surface area contributed by atoms with Gasteiger partial charge in [0.2, 0.25) is 5.91 Å². The molecule has 4 atom stereocenters. The van der Waals surface area contributed by atoms with Gasteiger partial charge in [-0.2, -0.15) is 0 Å². The van der Waals surface area contributed by atoms with Gasteiger partial charge in [0.25, 0.3) is 0 Å². The number of primary amides is 1.